The van der Waals surface area contributed by atoms with Crippen molar-refractivity contribution in [3.8, 4) is 0 Å². The van der Waals surface area contributed by atoms with Crippen molar-refractivity contribution in [3.63, 3.8) is 0 Å². The molecule has 0 N–H and O–H groups in total. The van der Waals surface area contributed by atoms with Crippen LogP contribution < -0.4 is 0 Å². The zero-order valence-electron chi connectivity index (χ0n) is 8.45. The van der Waals surface area contributed by atoms with Crippen molar-refractivity contribution in [2.45, 2.75) is 25.7 Å². The number of rotatable bonds is 0. The third kappa shape index (κ3) is 0.515. The lowest BCUT2D eigenvalue weighted by Crippen LogP contribution is -2.37. The molecule has 5 aliphatic carbocycles. The van der Waals surface area contributed by atoms with Crippen molar-refractivity contribution >= 4 is 0 Å². The molecule has 0 aromatic rings. The molecule has 4 bridgehead atoms. The van der Waals surface area contributed by atoms with E-state index in [2.05, 4.69) is 12.2 Å². The first kappa shape index (κ1) is 6.87. The molecule has 0 saturated heterocycles. The van der Waals surface area contributed by atoms with Gasteiger partial charge >= 0.3 is 0 Å². The van der Waals surface area contributed by atoms with E-state index >= 15 is 0 Å². The predicted octanol–water partition coefficient (Wildman–Crippen LogP) is 3.16. The van der Waals surface area contributed by atoms with Crippen molar-refractivity contribution in [1.82, 2.24) is 0 Å². The quantitative estimate of drug-likeness (QED) is 0.507. The molecule has 6 atom stereocenters. The van der Waals surface area contributed by atoms with Crippen LogP contribution in [0.5, 0.6) is 0 Å². The Labute approximate surface area is 85.1 Å². The lowest BCUT2D eigenvalue weighted by Gasteiger charge is -2.46. The highest BCUT2D eigenvalue weighted by atomic mass is 14.7. The Morgan fingerprint density at radius 3 is 1.93 bits per heavy atom. The summed E-state index contributed by atoms with van der Waals surface area (Å²) in [4.78, 5) is 0. The van der Waals surface area contributed by atoms with Crippen LogP contribution >= 0.6 is 0 Å². The van der Waals surface area contributed by atoms with Crippen LogP contribution in [0.3, 0.4) is 0 Å². The molecule has 0 aromatic carbocycles. The van der Waals surface area contributed by atoms with Gasteiger partial charge in [0.25, 0.3) is 0 Å². The third-order valence-electron chi connectivity index (χ3n) is 5.85. The molecule has 0 nitrogen and oxygen atoms in total. The standard InChI is InChI=1S/C14H16/c1-2-8-5-7(1)11-12(8)14-10-4-3-9(6-10)13(11)14/h1-2,7-10,13-14H,3-6H2. The first-order chi connectivity index (χ1) is 6.93. The zero-order valence-corrected chi connectivity index (χ0v) is 8.45. The summed E-state index contributed by atoms with van der Waals surface area (Å²) in [6.07, 6.45) is 11.2. The predicted molar refractivity (Wildman–Crippen MR) is 55.6 cm³/mol. The van der Waals surface area contributed by atoms with E-state index < -0.39 is 0 Å². The van der Waals surface area contributed by atoms with E-state index in [1.807, 2.05) is 11.1 Å². The molecule has 0 amide bonds. The van der Waals surface area contributed by atoms with Gasteiger partial charge in [-0.1, -0.05) is 23.3 Å². The molecule has 0 aliphatic heterocycles. The largest absolute Gasteiger partial charge is 0.0807 e. The summed E-state index contributed by atoms with van der Waals surface area (Å²) in [6.45, 7) is 0. The molecular weight excluding hydrogens is 168 g/mol. The van der Waals surface area contributed by atoms with Crippen molar-refractivity contribution in [1.29, 1.82) is 0 Å². The monoisotopic (exact) mass is 184 g/mol. The van der Waals surface area contributed by atoms with Crippen molar-refractivity contribution in [2.24, 2.45) is 35.5 Å². The van der Waals surface area contributed by atoms with Gasteiger partial charge in [-0.15, -0.1) is 0 Å². The normalized spacial score (nSPS) is 60.6. The van der Waals surface area contributed by atoms with Crippen LogP contribution in [-0.2, 0) is 0 Å². The van der Waals surface area contributed by atoms with E-state index in [1.54, 1.807) is 19.3 Å². The second kappa shape index (κ2) is 1.89. The minimum absolute atomic E-state index is 0.913. The molecule has 0 aromatic heterocycles. The summed E-state index contributed by atoms with van der Waals surface area (Å²) < 4.78 is 0. The fourth-order valence-electron chi connectivity index (χ4n) is 5.56. The highest BCUT2D eigenvalue weighted by molar-refractivity contribution is 5.50. The van der Waals surface area contributed by atoms with Gasteiger partial charge in [-0.05, 0) is 61.2 Å². The van der Waals surface area contributed by atoms with E-state index in [0.717, 1.165) is 35.5 Å². The number of allylic oxidation sites excluding steroid dienone is 4. The Morgan fingerprint density at radius 2 is 1.36 bits per heavy atom. The highest BCUT2D eigenvalue weighted by Gasteiger charge is 2.61. The third-order valence-corrected chi connectivity index (χ3v) is 5.85. The smallest absolute Gasteiger partial charge is 0.000826 e. The van der Waals surface area contributed by atoms with Gasteiger partial charge in [0.15, 0.2) is 0 Å². The maximum atomic E-state index is 2.51. The summed E-state index contributed by atoms with van der Waals surface area (Å²) in [5, 5.41) is 0. The van der Waals surface area contributed by atoms with Crippen LogP contribution in [0.2, 0.25) is 0 Å². The number of fused-ring (bicyclic) bond motifs is 11. The molecule has 2 saturated carbocycles. The number of hydrogen-bond donors (Lipinski definition) is 0. The average molecular weight is 184 g/mol. The Morgan fingerprint density at radius 1 is 0.786 bits per heavy atom. The molecule has 0 heterocycles. The zero-order chi connectivity index (χ0) is 8.86. The van der Waals surface area contributed by atoms with Gasteiger partial charge in [-0.2, -0.15) is 0 Å². The van der Waals surface area contributed by atoms with Gasteiger partial charge in [0.1, 0.15) is 0 Å². The molecule has 0 spiro atoms. The van der Waals surface area contributed by atoms with Gasteiger partial charge < -0.3 is 0 Å². The van der Waals surface area contributed by atoms with Crippen molar-refractivity contribution in [3.05, 3.63) is 23.3 Å². The summed E-state index contributed by atoms with van der Waals surface area (Å²) >= 11 is 0. The fraction of sp³-hybridized carbons (Fsp3) is 0.714. The van der Waals surface area contributed by atoms with Gasteiger partial charge in [0, 0.05) is 0 Å². The van der Waals surface area contributed by atoms with E-state index in [-0.39, 0.29) is 0 Å². The average Bonchev–Trinajstić information content (AvgIpc) is 2.82. The first-order valence-electron chi connectivity index (χ1n) is 6.35. The second-order valence-corrected chi connectivity index (χ2v) is 6.13. The van der Waals surface area contributed by atoms with Gasteiger partial charge in [-0.25, -0.2) is 0 Å². The molecule has 0 heteroatoms. The van der Waals surface area contributed by atoms with Crippen LogP contribution in [0.4, 0.5) is 0 Å². The van der Waals surface area contributed by atoms with Crippen LogP contribution in [0.25, 0.3) is 0 Å². The Kier molecular flexibility index (Phi) is 0.929. The molecule has 2 fully saturated rings. The minimum Gasteiger partial charge on any atom is -0.0807 e. The van der Waals surface area contributed by atoms with Crippen LogP contribution in [-0.4, -0.2) is 0 Å². The summed E-state index contributed by atoms with van der Waals surface area (Å²) in [5.41, 5.74) is 3.91. The van der Waals surface area contributed by atoms with Crippen LogP contribution in [0.15, 0.2) is 23.3 Å². The maximum Gasteiger partial charge on any atom is -0.000826 e. The molecular formula is C14H16. The van der Waals surface area contributed by atoms with E-state index in [0.29, 0.717) is 0 Å². The minimum atomic E-state index is 0.913. The molecule has 5 rings (SSSR count). The van der Waals surface area contributed by atoms with E-state index in [9.17, 15) is 0 Å². The topological polar surface area (TPSA) is 0 Å². The molecule has 14 heavy (non-hydrogen) atoms. The maximum absolute atomic E-state index is 2.51. The van der Waals surface area contributed by atoms with E-state index in [1.165, 1.54) is 6.42 Å². The molecule has 5 aliphatic rings. The summed E-state index contributed by atoms with van der Waals surface area (Å²) in [6, 6.07) is 0. The molecule has 6 unspecified atom stereocenters. The van der Waals surface area contributed by atoms with Crippen molar-refractivity contribution < 1.29 is 0 Å². The van der Waals surface area contributed by atoms with Gasteiger partial charge in [0.2, 0.25) is 0 Å². The summed E-state index contributed by atoms with van der Waals surface area (Å²) in [5.74, 6) is 6.24. The fourth-order valence-corrected chi connectivity index (χ4v) is 5.56. The first-order valence-corrected chi connectivity index (χ1v) is 6.35. The Bertz CT molecular complexity index is 353. The second-order valence-electron chi connectivity index (χ2n) is 6.13. The van der Waals surface area contributed by atoms with Gasteiger partial charge in [0.05, 0.1) is 0 Å². The highest BCUT2D eigenvalue weighted by Crippen LogP contribution is 2.71. The Balaban J connectivity index is 1.68. The van der Waals surface area contributed by atoms with Gasteiger partial charge in [-0.3, -0.25) is 0 Å². The molecule has 72 valence electrons. The number of hydrogen-bond acceptors (Lipinski definition) is 0. The van der Waals surface area contributed by atoms with Crippen LogP contribution in [0, 0.1) is 35.5 Å². The van der Waals surface area contributed by atoms with Crippen LogP contribution in [0.1, 0.15) is 25.7 Å². The molecule has 0 radical (unpaired) electrons. The van der Waals surface area contributed by atoms with Crippen molar-refractivity contribution in [2.75, 3.05) is 0 Å². The lowest BCUT2D eigenvalue weighted by molar-refractivity contribution is 0.233. The SMILES string of the molecule is C1=CC2CC1C1=C2C2C3CCC(C3)C12. The van der Waals surface area contributed by atoms with E-state index in [4.69, 9.17) is 0 Å². The summed E-state index contributed by atoms with van der Waals surface area (Å²) in [7, 11) is 0. The lowest BCUT2D eigenvalue weighted by atomic mass is 9.59. The Hall–Kier alpha value is -0.520.